The van der Waals surface area contributed by atoms with Crippen molar-refractivity contribution >= 4 is 5.69 Å². The van der Waals surface area contributed by atoms with Crippen molar-refractivity contribution < 1.29 is 0 Å². The molecule has 1 aromatic carbocycles. The number of anilines is 1. The molecule has 0 saturated heterocycles. The van der Waals surface area contributed by atoms with Gasteiger partial charge in [-0.1, -0.05) is 23.0 Å². The molecule has 0 radical (unpaired) electrons. The highest BCUT2D eigenvalue weighted by atomic mass is 15.1. The van der Waals surface area contributed by atoms with Gasteiger partial charge in [0.15, 0.2) is 0 Å². The van der Waals surface area contributed by atoms with Crippen LogP contribution in [0.1, 0.15) is 17.5 Å². The lowest BCUT2D eigenvalue weighted by atomic mass is 10.1. The predicted molar refractivity (Wildman–Crippen MR) is 61.1 cm³/mol. The summed E-state index contributed by atoms with van der Waals surface area (Å²) in [6, 6.07) is 5.70. The normalized spacial score (nSPS) is 8.60. The van der Waals surface area contributed by atoms with Gasteiger partial charge in [0, 0.05) is 29.1 Å². The first-order chi connectivity index (χ1) is 7.24. The topological polar surface area (TPSA) is 74.8 Å². The minimum Gasteiger partial charge on any atom is -0.398 e. The Labute approximate surface area is 88.7 Å². The average Bonchev–Trinajstić information content (AvgIpc) is 2.23. The molecule has 15 heavy (non-hydrogen) atoms. The molecular formula is C11H12N4. The first kappa shape index (κ1) is 11.0. The van der Waals surface area contributed by atoms with Gasteiger partial charge in [-0.25, -0.2) is 0 Å². The maximum atomic E-state index is 8.04. The van der Waals surface area contributed by atoms with Crippen molar-refractivity contribution in [3.05, 3.63) is 39.8 Å². The molecule has 0 saturated carbocycles. The highest BCUT2D eigenvalue weighted by molar-refractivity contribution is 5.52. The Kier molecular flexibility index (Phi) is 4.08. The smallest absolute Gasteiger partial charge is 0.0367 e. The van der Waals surface area contributed by atoms with Crippen LogP contribution in [-0.4, -0.2) is 6.54 Å². The number of rotatable bonds is 2. The minimum atomic E-state index is 0.408. The van der Waals surface area contributed by atoms with Gasteiger partial charge in [0.1, 0.15) is 0 Å². The Hall–Kier alpha value is -2.11. The van der Waals surface area contributed by atoms with E-state index < -0.39 is 0 Å². The number of nitrogen functional groups attached to an aromatic ring is 1. The molecular weight excluding hydrogens is 188 g/mol. The van der Waals surface area contributed by atoms with Crippen LogP contribution in [0.2, 0.25) is 0 Å². The monoisotopic (exact) mass is 200 g/mol. The van der Waals surface area contributed by atoms with Gasteiger partial charge in [0.2, 0.25) is 0 Å². The molecule has 1 rings (SSSR count). The first-order valence-electron chi connectivity index (χ1n) is 4.60. The van der Waals surface area contributed by atoms with Crippen LogP contribution >= 0.6 is 0 Å². The van der Waals surface area contributed by atoms with Crippen molar-refractivity contribution in [3.8, 4) is 11.8 Å². The van der Waals surface area contributed by atoms with Crippen molar-refractivity contribution in [1.82, 2.24) is 0 Å². The summed E-state index contributed by atoms with van der Waals surface area (Å²) in [6.07, 6.45) is 0.567. The molecule has 4 heteroatoms. The van der Waals surface area contributed by atoms with Crippen molar-refractivity contribution in [1.29, 1.82) is 0 Å². The van der Waals surface area contributed by atoms with E-state index in [0.717, 1.165) is 16.8 Å². The SMILES string of the molecule is Cc1ccc(C#CCCN=[N+]=[N-])cc1N. The van der Waals surface area contributed by atoms with Gasteiger partial charge in [0.05, 0.1) is 0 Å². The summed E-state index contributed by atoms with van der Waals surface area (Å²) in [6.45, 7) is 2.36. The summed E-state index contributed by atoms with van der Waals surface area (Å²) in [5.41, 5.74) is 16.5. The fourth-order valence-electron chi connectivity index (χ4n) is 1.03. The average molecular weight is 200 g/mol. The van der Waals surface area contributed by atoms with E-state index in [9.17, 15) is 0 Å². The van der Waals surface area contributed by atoms with Crippen molar-refractivity contribution in [2.75, 3.05) is 12.3 Å². The summed E-state index contributed by atoms with van der Waals surface area (Å²) in [4.78, 5) is 2.64. The molecule has 0 heterocycles. The predicted octanol–water partition coefficient (Wildman–Crippen LogP) is 2.63. The van der Waals surface area contributed by atoms with Crippen molar-refractivity contribution in [2.24, 2.45) is 5.11 Å². The van der Waals surface area contributed by atoms with Crippen molar-refractivity contribution in [2.45, 2.75) is 13.3 Å². The third-order valence-electron chi connectivity index (χ3n) is 1.91. The molecule has 0 bridgehead atoms. The first-order valence-corrected chi connectivity index (χ1v) is 4.60. The third-order valence-corrected chi connectivity index (χ3v) is 1.91. The fourth-order valence-corrected chi connectivity index (χ4v) is 1.03. The van der Waals surface area contributed by atoms with Crippen LogP contribution in [0.3, 0.4) is 0 Å². The van der Waals surface area contributed by atoms with Gasteiger partial charge < -0.3 is 5.73 Å². The second kappa shape index (κ2) is 5.58. The largest absolute Gasteiger partial charge is 0.398 e. The van der Waals surface area contributed by atoms with E-state index in [0.29, 0.717) is 13.0 Å². The van der Waals surface area contributed by atoms with Crippen LogP contribution in [0, 0.1) is 18.8 Å². The second-order valence-corrected chi connectivity index (χ2v) is 3.08. The maximum absolute atomic E-state index is 8.04. The summed E-state index contributed by atoms with van der Waals surface area (Å²) in [7, 11) is 0. The third kappa shape index (κ3) is 3.63. The van der Waals surface area contributed by atoms with Crippen LogP contribution in [0.4, 0.5) is 5.69 Å². The Balaban J connectivity index is 2.64. The molecule has 0 aliphatic carbocycles. The molecule has 0 fully saturated rings. The Bertz CT molecular complexity index is 447. The molecule has 4 nitrogen and oxygen atoms in total. The molecule has 1 aromatic rings. The maximum Gasteiger partial charge on any atom is 0.0367 e. The number of aryl methyl sites for hydroxylation is 1. The number of azide groups is 1. The van der Waals surface area contributed by atoms with E-state index in [1.807, 2.05) is 25.1 Å². The Morgan fingerprint density at radius 1 is 1.53 bits per heavy atom. The summed E-state index contributed by atoms with van der Waals surface area (Å²) in [5, 5.41) is 3.39. The van der Waals surface area contributed by atoms with Crippen LogP contribution in [0.25, 0.3) is 10.4 Å². The zero-order chi connectivity index (χ0) is 11.1. The highest BCUT2D eigenvalue weighted by Gasteiger charge is 1.92. The second-order valence-electron chi connectivity index (χ2n) is 3.08. The zero-order valence-corrected chi connectivity index (χ0v) is 8.57. The van der Waals surface area contributed by atoms with Gasteiger partial charge in [-0.05, 0) is 30.2 Å². The molecule has 0 aliphatic heterocycles. The molecule has 0 spiro atoms. The van der Waals surface area contributed by atoms with Crippen LogP contribution < -0.4 is 5.73 Å². The lowest BCUT2D eigenvalue weighted by Crippen LogP contribution is -1.89. The van der Waals surface area contributed by atoms with Crippen LogP contribution in [0.15, 0.2) is 23.3 Å². The zero-order valence-electron chi connectivity index (χ0n) is 8.57. The van der Waals surface area contributed by atoms with E-state index >= 15 is 0 Å². The van der Waals surface area contributed by atoms with Crippen molar-refractivity contribution in [3.63, 3.8) is 0 Å². The number of benzene rings is 1. The van der Waals surface area contributed by atoms with Crippen LogP contribution in [0.5, 0.6) is 0 Å². The number of hydrogen-bond acceptors (Lipinski definition) is 2. The summed E-state index contributed by atoms with van der Waals surface area (Å²) < 4.78 is 0. The van der Waals surface area contributed by atoms with Gasteiger partial charge in [-0.15, -0.1) is 0 Å². The summed E-state index contributed by atoms with van der Waals surface area (Å²) >= 11 is 0. The van der Waals surface area contributed by atoms with E-state index in [1.54, 1.807) is 0 Å². The van der Waals surface area contributed by atoms with E-state index in [2.05, 4.69) is 21.9 Å². The highest BCUT2D eigenvalue weighted by Crippen LogP contribution is 2.11. The minimum absolute atomic E-state index is 0.408. The Morgan fingerprint density at radius 3 is 3.00 bits per heavy atom. The molecule has 0 aromatic heterocycles. The number of nitrogens with two attached hydrogens (primary N) is 1. The molecule has 0 amide bonds. The summed E-state index contributed by atoms with van der Waals surface area (Å²) in [5.74, 6) is 5.87. The molecule has 2 N–H and O–H groups in total. The van der Waals surface area contributed by atoms with Gasteiger partial charge in [0.25, 0.3) is 0 Å². The lowest BCUT2D eigenvalue weighted by molar-refractivity contribution is 1.01. The number of nitrogens with zero attached hydrogens (tertiary/aromatic N) is 3. The quantitative estimate of drug-likeness (QED) is 0.195. The van der Waals surface area contributed by atoms with Crippen LogP contribution in [-0.2, 0) is 0 Å². The van der Waals surface area contributed by atoms with Gasteiger partial charge in [-0.2, -0.15) is 0 Å². The van der Waals surface area contributed by atoms with E-state index in [-0.39, 0.29) is 0 Å². The number of hydrogen-bond donors (Lipinski definition) is 1. The lowest BCUT2D eigenvalue weighted by Gasteiger charge is -1.98. The molecule has 0 unspecified atom stereocenters. The fraction of sp³-hybridized carbons (Fsp3) is 0.273. The standard InChI is InChI=1S/C11H12N4/c1-9-5-6-10(8-11(9)12)4-2-3-7-14-15-13/h5-6,8H,3,7,12H2,1H3. The molecule has 0 atom stereocenters. The van der Waals surface area contributed by atoms with E-state index in [1.165, 1.54) is 0 Å². The molecule has 0 aliphatic rings. The molecule has 76 valence electrons. The van der Waals surface area contributed by atoms with E-state index in [4.69, 9.17) is 11.3 Å². The van der Waals surface area contributed by atoms with Gasteiger partial charge >= 0.3 is 0 Å². The Morgan fingerprint density at radius 2 is 2.33 bits per heavy atom. The van der Waals surface area contributed by atoms with Gasteiger partial charge in [-0.3, -0.25) is 0 Å².